The molecule has 0 aliphatic carbocycles. The predicted molar refractivity (Wildman–Crippen MR) is 106 cm³/mol. The van der Waals surface area contributed by atoms with Crippen LogP contribution in [0.4, 0.5) is 0 Å². The van der Waals surface area contributed by atoms with E-state index < -0.39 is 6.04 Å². The van der Waals surface area contributed by atoms with E-state index in [4.69, 9.17) is 9.47 Å². The van der Waals surface area contributed by atoms with Gasteiger partial charge in [-0.2, -0.15) is 5.10 Å². The lowest BCUT2D eigenvalue weighted by Crippen LogP contribution is -2.31. The van der Waals surface area contributed by atoms with Crippen LogP contribution in [-0.2, 0) is 16.1 Å². The summed E-state index contributed by atoms with van der Waals surface area (Å²) in [6, 6.07) is 12.8. The minimum Gasteiger partial charge on any atom is -0.497 e. The molecule has 0 saturated heterocycles. The Labute approximate surface area is 168 Å². The Morgan fingerprint density at radius 3 is 2.79 bits per heavy atom. The van der Waals surface area contributed by atoms with Gasteiger partial charge in [0.2, 0.25) is 0 Å². The van der Waals surface area contributed by atoms with Crippen molar-refractivity contribution in [1.29, 1.82) is 0 Å². The van der Waals surface area contributed by atoms with Crippen LogP contribution >= 0.6 is 0 Å². The first kappa shape index (κ1) is 18.7. The molecule has 7 nitrogen and oxygen atoms in total. The molecule has 0 saturated carbocycles. The summed E-state index contributed by atoms with van der Waals surface area (Å²) in [5.41, 5.74) is 4.23. The fourth-order valence-corrected chi connectivity index (χ4v) is 3.66. The molecular weight excluding hydrogens is 370 g/mol. The van der Waals surface area contributed by atoms with Crippen molar-refractivity contribution >= 4 is 11.9 Å². The smallest absolute Gasteiger partial charge is 0.307 e. The minimum atomic E-state index is -0.449. The number of methoxy groups -OCH3 is 2. The van der Waals surface area contributed by atoms with Gasteiger partial charge in [-0.25, -0.2) is 0 Å². The van der Waals surface area contributed by atoms with Gasteiger partial charge in [-0.05, 0) is 34.9 Å². The van der Waals surface area contributed by atoms with Crippen molar-refractivity contribution in [1.82, 2.24) is 15.1 Å². The third-order valence-corrected chi connectivity index (χ3v) is 5.22. The van der Waals surface area contributed by atoms with Gasteiger partial charge in [-0.15, -0.1) is 0 Å². The molecule has 2 heterocycles. The van der Waals surface area contributed by atoms with Crippen LogP contribution in [0, 0.1) is 0 Å². The summed E-state index contributed by atoms with van der Waals surface area (Å²) in [7, 11) is 2.94. The fraction of sp³-hybridized carbons (Fsp3) is 0.227. The van der Waals surface area contributed by atoms with Crippen LogP contribution in [0.2, 0.25) is 0 Å². The number of aromatic amines is 1. The summed E-state index contributed by atoms with van der Waals surface area (Å²) in [6.45, 7) is 0.429. The minimum absolute atomic E-state index is 0.0674. The van der Waals surface area contributed by atoms with Gasteiger partial charge in [0.05, 0.1) is 32.9 Å². The lowest BCUT2D eigenvalue weighted by Gasteiger charge is -2.27. The molecule has 4 rings (SSSR count). The molecule has 0 radical (unpaired) electrons. The maximum atomic E-state index is 13.3. The number of benzene rings is 2. The SMILES string of the molecule is COC(=O)CC(c1cccc(OC)c1)N1Cc2ccc(-c3cn[nH]c3)cc2C1=O. The fourth-order valence-electron chi connectivity index (χ4n) is 3.66. The number of carbonyl (C=O) groups is 2. The first-order valence-electron chi connectivity index (χ1n) is 9.24. The highest BCUT2D eigenvalue weighted by atomic mass is 16.5. The van der Waals surface area contributed by atoms with Gasteiger partial charge in [0.25, 0.3) is 5.91 Å². The number of rotatable bonds is 6. The van der Waals surface area contributed by atoms with Crippen molar-refractivity contribution in [3.05, 3.63) is 71.5 Å². The molecule has 3 aromatic rings. The van der Waals surface area contributed by atoms with Crippen LogP contribution in [0.25, 0.3) is 11.1 Å². The highest BCUT2D eigenvalue weighted by Gasteiger charge is 2.35. The predicted octanol–water partition coefficient (Wildman–Crippen LogP) is 3.35. The molecule has 0 bridgehead atoms. The first-order valence-corrected chi connectivity index (χ1v) is 9.24. The van der Waals surface area contributed by atoms with Crippen molar-refractivity contribution in [3.8, 4) is 16.9 Å². The van der Waals surface area contributed by atoms with E-state index in [0.717, 1.165) is 22.3 Å². The van der Waals surface area contributed by atoms with Crippen molar-refractivity contribution in [2.45, 2.75) is 19.0 Å². The quantitative estimate of drug-likeness (QED) is 0.652. The van der Waals surface area contributed by atoms with Crippen LogP contribution in [0.3, 0.4) is 0 Å². The van der Waals surface area contributed by atoms with Crippen molar-refractivity contribution in [2.75, 3.05) is 14.2 Å². The molecule has 0 fully saturated rings. The molecule has 1 aliphatic rings. The number of nitrogens with zero attached hydrogens (tertiary/aromatic N) is 2. The normalized spacial score (nSPS) is 13.9. The molecule has 148 valence electrons. The van der Waals surface area contributed by atoms with Crippen molar-refractivity contribution in [3.63, 3.8) is 0 Å². The average molecular weight is 391 g/mol. The van der Waals surface area contributed by atoms with Gasteiger partial charge in [0.15, 0.2) is 0 Å². The summed E-state index contributed by atoms with van der Waals surface area (Å²) >= 11 is 0. The maximum Gasteiger partial charge on any atom is 0.307 e. The molecule has 2 aromatic carbocycles. The van der Waals surface area contributed by atoms with E-state index in [0.29, 0.717) is 17.9 Å². The first-order chi connectivity index (χ1) is 14.1. The zero-order valence-corrected chi connectivity index (χ0v) is 16.2. The highest BCUT2D eigenvalue weighted by Crippen LogP contribution is 2.36. The Morgan fingerprint density at radius 1 is 1.21 bits per heavy atom. The molecule has 1 N–H and O–H groups in total. The number of nitrogens with one attached hydrogen (secondary N) is 1. The number of esters is 1. The highest BCUT2D eigenvalue weighted by molar-refractivity contribution is 6.00. The largest absolute Gasteiger partial charge is 0.497 e. The number of carbonyl (C=O) groups excluding carboxylic acids is 2. The number of ether oxygens (including phenoxy) is 2. The molecular formula is C22H21N3O4. The molecule has 0 spiro atoms. The molecule has 1 atom stereocenters. The second-order valence-corrected chi connectivity index (χ2v) is 6.86. The zero-order valence-electron chi connectivity index (χ0n) is 16.2. The van der Waals surface area contributed by atoms with Gasteiger partial charge >= 0.3 is 5.97 Å². The Hall–Kier alpha value is -3.61. The third kappa shape index (κ3) is 3.59. The number of H-pyrrole nitrogens is 1. The van der Waals surface area contributed by atoms with Crippen molar-refractivity contribution in [2.24, 2.45) is 0 Å². The summed E-state index contributed by atoms with van der Waals surface area (Å²) < 4.78 is 10.2. The van der Waals surface area contributed by atoms with E-state index >= 15 is 0 Å². The van der Waals surface area contributed by atoms with Crippen LogP contribution in [-0.4, -0.2) is 41.2 Å². The number of aromatic nitrogens is 2. The summed E-state index contributed by atoms with van der Waals surface area (Å²) in [6.07, 6.45) is 3.57. The van der Waals surface area contributed by atoms with Gasteiger partial charge in [-0.3, -0.25) is 14.7 Å². The topological polar surface area (TPSA) is 84.5 Å². The Morgan fingerprint density at radius 2 is 2.07 bits per heavy atom. The van der Waals surface area contributed by atoms with E-state index in [2.05, 4.69) is 10.2 Å². The third-order valence-electron chi connectivity index (χ3n) is 5.22. The number of hydrogen-bond acceptors (Lipinski definition) is 5. The molecule has 7 heteroatoms. The lowest BCUT2D eigenvalue weighted by molar-refractivity contribution is -0.141. The number of fused-ring (bicyclic) bond motifs is 1. The summed E-state index contributed by atoms with van der Waals surface area (Å²) in [5.74, 6) is 0.187. The Bertz CT molecular complexity index is 1050. The Balaban J connectivity index is 1.69. The molecule has 1 aliphatic heterocycles. The van der Waals surface area contributed by atoms with Gasteiger partial charge in [0.1, 0.15) is 5.75 Å². The van der Waals surface area contributed by atoms with Crippen LogP contribution in [0.1, 0.15) is 33.9 Å². The van der Waals surface area contributed by atoms with E-state index in [1.165, 1.54) is 7.11 Å². The second-order valence-electron chi connectivity index (χ2n) is 6.86. The summed E-state index contributed by atoms with van der Waals surface area (Å²) in [4.78, 5) is 27.1. The van der Waals surface area contributed by atoms with Crippen LogP contribution in [0.5, 0.6) is 5.75 Å². The van der Waals surface area contributed by atoms with E-state index in [-0.39, 0.29) is 18.3 Å². The number of amides is 1. The molecule has 1 amide bonds. The van der Waals surface area contributed by atoms with E-state index in [1.807, 2.05) is 42.5 Å². The second kappa shape index (κ2) is 7.79. The van der Waals surface area contributed by atoms with Gasteiger partial charge in [0, 0.05) is 23.9 Å². The van der Waals surface area contributed by atoms with Gasteiger partial charge in [-0.1, -0.05) is 24.3 Å². The van der Waals surface area contributed by atoms with Crippen LogP contribution in [0.15, 0.2) is 54.9 Å². The zero-order chi connectivity index (χ0) is 20.4. The molecule has 1 aromatic heterocycles. The van der Waals surface area contributed by atoms with E-state index in [1.54, 1.807) is 24.4 Å². The standard InChI is InChI=1S/C22H21N3O4/c1-28-18-5-3-4-15(8-18)20(10-21(26)29-2)25-13-16-7-6-14(9-19(16)22(25)27)17-11-23-24-12-17/h3-9,11-12,20H,10,13H2,1-2H3,(H,23,24). The monoisotopic (exact) mass is 391 g/mol. The average Bonchev–Trinajstić information content (AvgIpc) is 3.40. The Kier molecular flexibility index (Phi) is 5.03. The molecule has 1 unspecified atom stereocenters. The van der Waals surface area contributed by atoms with Gasteiger partial charge < -0.3 is 14.4 Å². The maximum absolute atomic E-state index is 13.3. The van der Waals surface area contributed by atoms with Crippen molar-refractivity contribution < 1.29 is 19.1 Å². The summed E-state index contributed by atoms with van der Waals surface area (Å²) in [5, 5.41) is 6.75. The van der Waals surface area contributed by atoms with E-state index in [9.17, 15) is 9.59 Å². The van der Waals surface area contributed by atoms with Crippen LogP contribution < -0.4 is 4.74 Å². The number of hydrogen-bond donors (Lipinski definition) is 1. The lowest BCUT2D eigenvalue weighted by atomic mass is 10.0. The molecule has 29 heavy (non-hydrogen) atoms.